The number of unbranched alkanes of at least 4 members (excludes halogenated alkanes) is 1. The summed E-state index contributed by atoms with van der Waals surface area (Å²) in [6.45, 7) is 4.03. The van der Waals surface area contributed by atoms with Gasteiger partial charge in [0.05, 0.1) is 25.8 Å². The summed E-state index contributed by atoms with van der Waals surface area (Å²) >= 11 is 0. The Balaban J connectivity index is 2.53. The summed E-state index contributed by atoms with van der Waals surface area (Å²) in [5.41, 5.74) is 7.95. The second kappa shape index (κ2) is 13.0. The maximum atomic E-state index is 11.9. The predicted octanol–water partition coefficient (Wildman–Crippen LogP) is 3.68. The molecule has 0 aliphatic rings. The van der Waals surface area contributed by atoms with E-state index in [4.69, 9.17) is 15.2 Å². The number of nitrogen functional groups attached to an aromatic ring is 1. The van der Waals surface area contributed by atoms with Gasteiger partial charge in [-0.15, -0.1) is 0 Å². The van der Waals surface area contributed by atoms with Crippen LogP contribution in [0.1, 0.15) is 56.4 Å². The van der Waals surface area contributed by atoms with Crippen molar-refractivity contribution in [1.82, 2.24) is 9.97 Å². The number of ether oxygens (including phenoxy) is 2. The Hall–Kier alpha value is -3.62. The Labute approximate surface area is 194 Å². The fourth-order valence-corrected chi connectivity index (χ4v) is 3.41. The third kappa shape index (κ3) is 8.10. The molecule has 9 heteroatoms. The number of aromatic nitrogens is 2. The van der Waals surface area contributed by atoms with E-state index in [0.717, 1.165) is 18.4 Å². The molecule has 0 amide bonds. The minimum atomic E-state index is -0.903. The molecule has 0 aliphatic heterocycles. The van der Waals surface area contributed by atoms with Crippen molar-refractivity contribution >= 4 is 29.8 Å². The van der Waals surface area contributed by atoms with Crippen molar-refractivity contribution in [3.05, 3.63) is 47.2 Å². The third-order valence-electron chi connectivity index (χ3n) is 4.95. The first-order chi connectivity index (χ1) is 15.9. The molecule has 1 unspecified atom stereocenters. The summed E-state index contributed by atoms with van der Waals surface area (Å²) in [5, 5.41) is 12.6. The normalized spacial score (nSPS) is 11.8. The number of methoxy groups -OCH3 is 1. The molecule has 4 N–H and O–H groups in total. The number of nitrogens with zero attached hydrogens (tertiary/aromatic N) is 2. The largest absolute Gasteiger partial charge is 0.496 e. The van der Waals surface area contributed by atoms with Gasteiger partial charge >= 0.3 is 11.9 Å². The van der Waals surface area contributed by atoms with E-state index in [1.807, 2.05) is 31.2 Å². The standard InChI is InChI=1S/C24H32N4O5/c1-4-6-10-17(15-21(29)30)26-23-18(14-16-9-7-8-11-20(16)32-3)19(27-24(25)28-23)12-13-22(31)33-5-2/h7-9,11-13,17H,4-6,10,14-15H2,1-3H3,(H,29,30)(H3,25,26,27,28). The Bertz CT molecular complexity index is 977. The van der Waals surface area contributed by atoms with Crippen molar-refractivity contribution in [2.75, 3.05) is 24.8 Å². The number of para-hydroxylation sites is 1. The number of hydrogen-bond acceptors (Lipinski definition) is 8. The van der Waals surface area contributed by atoms with Crippen LogP contribution in [0, 0.1) is 0 Å². The van der Waals surface area contributed by atoms with Gasteiger partial charge in [-0.25, -0.2) is 9.78 Å². The topological polar surface area (TPSA) is 137 Å². The van der Waals surface area contributed by atoms with Gasteiger partial charge in [0.1, 0.15) is 11.6 Å². The van der Waals surface area contributed by atoms with Crippen molar-refractivity contribution in [2.24, 2.45) is 0 Å². The second-order valence-corrected chi connectivity index (χ2v) is 7.45. The molecule has 1 atom stereocenters. The molecule has 2 aromatic rings. The SMILES string of the molecule is CCCCC(CC(=O)O)Nc1nc(N)nc(C=CC(=O)OCC)c1Cc1ccccc1OC. The highest BCUT2D eigenvalue weighted by Gasteiger charge is 2.20. The molecule has 33 heavy (non-hydrogen) atoms. The number of carbonyl (C=O) groups is 2. The number of benzene rings is 1. The molecule has 0 bridgehead atoms. The molecule has 1 heterocycles. The summed E-state index contributed by atoms with van der Waals surface area (Å²) in [5.74, 6) is -0.277. The molecular formula is C24H32N4O5. The number of nitrogens with two attached hydrogens (primary N) is 1. The molecule has 0 saturated carbocycles. The van der Waals surface area contributed by atoms with Crippen molar-refractivity contribution in [3.63, 3.8) is 0 Å². The van der Waals surface area contributed by atoms with E-state index < -0.39 is 11.9 Å². The number of anilines is 2. The zero-order valence-electron chi connectivity index (χ0n) is 19.3. The van der Waals surface area contributed by atoms with Crippen molar-refractivity contribution in [3.8, 4) is 5.75 Å². The lowest BCUT2D eigenvalue weighted by molar-refractivity contribution is -0.138. The Kier molecular flexibility index (Phi) is 10.1. The Morgan fingerprint density at radius 1 is 1.24 bits per heavy atom. The number of esters is 1. The number of carboxylic acid groups (broad SMARTS) is 1. The number of hydrogen-bond donors (Lipinski definition) is 3. The van der Waals surface area contributed by atoms with Gasteiger partial charge in [0.25, 0.3) is 0 Å². The fourth-order valence-electron chi connectivity index (χ4n) is 3.41. The highest BCUT2D eigenvalue weighted by atomic mass is 16.5. The number of nitrogens with one attached hydrogen (secondary N) is 1. The Morgan fingerprint density at radius 3 is 2.67 bits per heavy atom. The van der Waals surface area contributed by atoms with Crippen LogP contribution in [0.3, 0.4) is 0 Å². The quantitative estimate of drug-likeness (QED) is 0.304. The van der Waals surface area contributed by atoms with Gasteiger partial charge < -0.3 is 25.6 Å². The van der Waals surface area contributed by atoms with Crippen molar-refractivity contribution in [2.45, 2.75) is 52.0 Å². The monoisotopic (exact) mass is 456 g/mol. The fraction of sp³-hybridized carbons (Fsp3) is 0.417. The van der Waals surface area contributed by atoms with Crippen LogP contribution in [0.2, 0.25) is 0 Å². The zero-order valence-corrected chi connectivity index (χ0v) is 19.3. The van der Waals surface area contributed by atoms with E-state index in [-0.39, 0.29) is 25.0 Å². The first kappa shape index (κ1) is 25.6. The molecule has 1 aromatic heterocycles. The van der Waals surface area contributed by atoms with E-state index in [1.165, 1.54) is 12.2 Å². The van der Waals surface area contributed by atoms with Crippen LogP contribution in [-0.2, 0) is 20.7 Å². The van der Waals surface area contributed by atoms with E-state index in [9.17, 15) is 14.7 Å². The summed E-state index contributed by atoms with van der Waals surface area (Å²) in [4.78, 5) is 32.0. The van der Waals surface area contributed by atoms with Crippen LogP contribution in [0.4, 0.5) is 11.8 Å². The molecule has 0 radical (unpaired) electrons. The van der Waals surface area contributed by atoms with Crippen LogP contribution in [-0.4, -0.2) is 46.8 Å². The molecule has 0 aliphatic carbocycles. The van der Waals surface area contributed by atoms with Gasteiger partial charge in [-0.2, -0.15) is 4.98 Å². The first-order valence-corrected chi connectivity index (χ1v) is 11.0. The van der Waals surface area contributed by atoms with Crippen LogP contribution in [0.5, 0.6) is 5.75 Å². The molecule has 178 valence electrons. The van der Waals surface area contributed by atoms with E-state index in [1.54, 1.807) is 14.0 Å². The first-order valence-electron chi connectivity index (χ1n) is 11.0. The molecule has 0 spiro atoms. The minimum absolute atomic E-state index is 0.00866. The van der Waals surface area contributed by atoms with Gasteiger partial charge in [-0.1, -0.05) is 38.0 Å². The van der Waals surface area contributed by atoms with Gasteiger partial charge in [0.2, 0.25) is 5.95 Å². The average Bonchev–Trinajstić information content (AvgIpc) is 2.78. The maximum absolute atomic E-state index is 11.9. The number of carbonyl (C=O) groups excluding carboxylic acids is 1. The lowest BCUT2D eigenvalue weighted by atomic mass is 10.0. The molecule has 0 fully saturated rings. The lowest BCUT2D eigenvalue weighted by Gasteiger charge is -2.21. The third-order valence-corrected chi connectivity index (χ3v) is 4.95. The van der Waals surface area contributed by atoms with Crippen LogP contribution in [0.15, 0.2) is 30.3 Å². The van der Waals surface area contributed by atoms with Crippen molar-refractivity contribution < 1.29 is 24.2 Å². The van der Waals surface area contributed by atoms with Gasteiger partial charge in [0.15, 0.2) is 0 Å². The second-order valence-electron chi connectivity index (χ2n) is 7.45. The summed E-state index contributed by atoms with van der Waals surface area (Å²) in [6.07, 6.45) is 5.59. The van der Waals surface area contributed by atoms with E-state index in [0.29, 0.717) is 35.7 Å². The summed E-state index contributed by atoms with van der Waals surface area (Å²) in [6, 6.07) is 7.20. The average molecular weight is 457 g/mol. The van der Waals surface area contributed by atoms with Gasteiger partial charge in [-0.05, 0) is 31.1 Å². The molecule has 1 aromatic carbocycles. The van der Waals surface area contributed by atoms with Crippen LogP contribution in [0.25, 0.3) is 6.08 Å². The minimum Gasteiger partial charge on any atom is -0.496 e. The predicted molar refractivity (Wildman–Crippen MR) is 127 cm³/mol. The Morgan fingerprint density at radius 2 is 2.00 bits per heavy atom. The van der Waals surface area contributed by atoms with Gasteiger partial charge in [0, 0.05) is 24.1 Å². The van der Waals surface area contributed by atoms with Crippen LogP contribution >= 0.6 is 0 Å². The maximum Gasteiger partial charge on any atom is 0.330 e. The van der Waals surface area contributed by atoms with Gasteiger partial charge in [-0.3, -0.25) is 4.79 Å². The molecular weight excluding hydrogens is 424 g/mol. The van der Waals surface area contributed by atoms with Crippen LogP contribution < -0.4 is 15.8 Å². The number of aliphatic carboxylic acids is 1. The number of rotatable bonds is 13. The highest BCUT2D eigenvalue weighted by molar-refractivity contribution is 5.87. The summed E-state index contributed by atoms with van der Waals surface area (Å²) < 4.78 is 10.5. The molecule has 9 nitrogen and oxygen atoms in total. The highest BCUT2D eigenvalue weighted by Crippen LogP contribution is 2.28. The van der Waals surface area contributed by atoms with E-state index >= 15 is 0 Å². The number of carboxylic acids is 1. The van der Waals surface area contributed by atoms with E-state index in [2.05, 4.69) is 15.3 Å². The lowest BCUT2D eigenvalue weighted by Crippen LogP contribution is -2.25. The molecule has 2 rings (SSSR count). The smallest absolute Gasteiger partial charge is 0.330 e. The zero-order chi connectivity index (χ0) is 24.2. The summed E-state index contributed by atoms with van der Waals surface area (Å²) in [7, 11) is 1.59. The molecule has 0 saturated heterocycles. The van der Waals surface area contributed by atoms with Crippen molar-refractivity contribution in [1.29, 1.82) is 0 Å².